The highest BCUT2D eigenvalue weighted by atomic mass is 79.9. The molecule has 113 heavy (non-hydrogen) atoms. The molecule has 22 rings (SSSR count). The zero-order valence-corrected chi connectivity index (χ0v) is 65.0. The van der Waals surface area contributed by atoms with Crippen LogP contribution in [0.4, 0.5) is 17.1 Å². The Labute approximate surface area is 667 Å². The zero-order chi connectivity index (χ0) is 75.9. The summed E-state index contributed by atoms with van der Waals surface area (Å²) < 4.78 is 10.6. The van der Waals surface area contributed by atoms with E-state index in [-0.39, 0.29) is 10.8 Å². The van der Waals surface area contributed by atoms with Crippen LogP contribution in [-0.4, -0.2) is 18.3 Å². The van der Waals surface area contributed by atoms with Gasteiger partial charge in [0.1, 0.15) is 0 Å². The van der Waals surface area contributed by atoms with Crippen molar-refractivity contribution < 1.29 is 0 Å². The standard InChI is InChI=1S/C53H39N3.C28H24.C26H17BrN2/c1-53(2)48-21-13-12-20-44(48)45-30-27-43(35-49(45)53)55(41-25-22-37(23-26-41)36-14-6-3-7-15-36)42-28-31-50-47(34-42)46-29-24-38-32-33-54(39-16-8-4-9-17-39)51(38)52(46)56(50)40-18-10-5-11-19-40;1-28(2)26-11-7-6-10-24(26)25-17-14-21(19-27(25)28)18-20-12-15-23(16-13-20)22-8-4-3-5-9-22;27-19-12-14-24-23(17-19)22-13-11-18-15-16-28(20-7-3-1-4-8-20)25(18)26(22)29(24)21-9-5-2-6-10-21/h3-35H,1-2H3;3-17,19H,18H2,1-2H3;1-17H. The lowest BCUT2D eigenvalue weighted by atomic mass is 9.81. The summed E-state index contributed by atoms with van der Waals surface area (Å²) >= 11 is 3.66. The summed E-state index contributed by atoms with van der Waals surface area (Å²) in [4.78, 5) is 2.43. The molecule has 5 nitrogen and oxygen atoms in total. The van der Waals surface area contributed by atoms with Crippen LogP contribution in [0.2, 0.25) is 0 Å². The second-order valence-corrected chi connectivity index (χ2v) is 31.9. The van der Waals surface area contributed by atoms with Crippen molar-refractivity contribution in [1.29, 1.82) is 0 Å². The van der Waals surface area contributed by atoms with Crippen molar-refractivity contribution in [1.82, 2.24) is 18.3 Å². The maximum atomic E-state index is 3.66. The summed E-state index contributed by atoms with van der Waals surface area (Å²) in [5.74, 6) is 0. The van der Waals surface area contributed by atoms with Crippen molar-refractivity contribution in [3.8, 4) is 67.3 Å². The van der Waals surface area contributed by atoms with Crippen molar-refractivity contribution in [3.05, 3.63) is 438 Å². The number of rotatable bonds is 11. The molecule has 2 aliphatic carbocycles. The van der Waals surface area contributed by atoms with Gasteiger partial charge in [-0.05, 0) is 206 Å². The summed E-state index contributed by atoms with van der Waals surface area (Å²) in [6.45, 7) is 9.40. The number of aromatic nitrogens is 4. The van der Waals surface area contributed by atoms with Crippen molar-refractivity contribution in [2.45, 2.75) is 44.9 Å². The van der Waals surface area contributed by atoms with E-state index in [0.29, 0.717) is 0 Å². The Morgan fingerprint density at radius 3 is 1.14 bits per heavy atom. The van der Waals surface area contributed by atoms with E-state index >= 15 is 0 Å². The van der Waals surface area contributed by atoms with Crippen LogP contribution < -0.4 is 4.90 Å². The Morgan fingerprint density at radius 1 is 0.265 bits per heavy atom. The molecule has 0 spiro atoms. The zero-order valence-electron chi connectivity index (χ0n) is 63.4. The minimum absolute atomic E-state index is 0.0686. The third-order valence-electron chi connectivity index (χ3n) is 23.6. The first kappa shape index (κ1) is 68.7. The highest BCUT2D eigenvalue weighted by molar-refractivity contribution is 9.10. The predicted octanol–water partition coefficient (Wildman–Crippen LogP) is 28.9. The summed E-state index contributed by atoms with van der Waals surface area (Å²) in [5, 5.41) is 7.39. The van der Waals surface area contributed by atoms with Gasteiger partial charge in [-0.3, -0.25) is 0 Å². The topological polar surface area (TPSA) is 23.0 Å². The van der Waals surface area contributed by atoms with E-state index < -0.39 is 0 Å². The van der Waals surface area contributed by atoms with Gasteiger partial charge < -0.3 is 23.2 Å². The first-order valence-electron chi connectivity index (χ1n) is 39.1. The largest absolute Gasteiger partial charge is 0.315 e. The SMILES string of the molecule is Brc1ccc2c(c1)c1ccc3ccn(-c4ccccc4)c3c1n2-c1ccccc1.CC1(C)c2ccccc2-c2ccc(Cc3ccc(-c4ccccc4)cc3)cc21.CC1(C)c2ccccc2-c2ccc(N(c3ccc(-c4ccccc4)cc3)c3ccc4c(c3)c3ccc5ccn(-c6ccccc6)c5c3n4-c3ccccc3)cc21. The van der Waals surface area contributed by atoms with Crippen LogP contribution in [-0.2, 0) is 17.3 Å². The summed E-state index contributed by atoms with van der Waals surface area (Å²) in [6, 6.07) is 141. The third kappa shape index (κ3) is 12.0. The van der Waals surface area contributed by atoms with Gasteiger partial charge in [-0.15, -0.1) is 0 Å². The number of hydrogen-bond acceptors (Lipinski definition) is 1. The van der Waals surface area contributed by atoms with E-state index in [1.54, 1.807) is 0 Å². The molecule has 2 aliphatic rings. The van der Waals surface area contributed by atoms with E-state index in [1.807, 2.05) is 0 Å². The number of benzene rings is 16. The van der Waals surface area contributed by atoms with E-state index in [2.05, 4.69) is 467 Å². The lowest BCUT2D eigenvalue weighted by Crippen LogP contribution is -2.16. The maximum Gasteiger partial charge on any atom is 0.0788 e. The van der Waals surface area contributed by atoms with Gasteiger partial charge in [0.25, 0.3) is 0 Å². The number of para-hydroxylation sites is 4. The molecule has 20 aromatic rings. The van der Waals surface area contributed by atoms with Gasteiger partial charge in [0.05, 0.1) is 33.1 Å². The first-order chi connectivity index (χ1) is 55.5. The molecular weight excluding hydrogens is 1440 g/mol. The molecular formula is C107H80BrN5. The molecule has 0 saturated heterocycles. The van der Waals surface area contributed by atoms with Gasteiger partial charge in [-0.25, -0.2) is 0 Å². The molecule has 0 bridgehead atoms. The molecule has 0 atom stereocenters. The smallest absolute Gasteiger partial charge is 0.0788 e. The Bertz CT molecular complexity index is 6970. The highest BCUT2D eigenvalue weighted by Crippen LogP contribution is 2.53. The van der Waals surface area contributed by atoms with Crippen LogP contribution in [0.15, 0.2) is 405 Å². The summed E-state index contributed by atoms with van der Waals surface area (Å²) in [6.07, 6.45) is 5.34. The van der Waals surface area contributed by atoms with Crippen LogP contribution in [0, 0.1) is 0 Å². The fraction of sp³-hybridized carbons (Fsp3) is 0.0654. The van der Waals surface area contributed by atoms with E-state index in [1.165, 1.54) is 155 Å². The highest BCUT2D eigenvalue weighted by Gasteiger charge is 2.37. The Morgan fingerprint density at radius 2 is 0.637 bits per heavy atom. The van der Waals surface area contributed by atoms with E-state index in [9.17, 15) is 0 Å². The number of nitrogens with zero attached hydrogens (tertiary/aromatic N) is 5. The Hall–Kier alpha value is -13.5. The molecule has 4 aromatic heterocycles. The van der Waals surface area contributed by atoms with Gasteiger partial charge in [-0.1, -0.05) is 311 Å². The first-order valence-corrected chi connectivity index (χ1v) is 39.9. The molecule has 0 amide bonds. The number of hydrogen-bond donors (Lipinski definition) is 0. The van der Waals surface area contributed by atoms with Crippen LogP contribution in [0.3, 0.4) is 0 Å². The van der Waals surface area contributed by atoms with Gasteiger partial charge >= 0.3 is 0 Å². The quantitative estimate of drug-likeness (QED) is 0.127. The normalized spacial score (nSPS) is 12.8. The Kier molecular flexibility index (Phi) is 17.1. The van der Waals surface area contributed by atoms with Gasteiger partial charge in [0, 0.05) is 99.8 Å². The molecule has 16 aromatic carbocycles. The maximum absolute atomic E-state index is 3.66. The average molecular weight is 1520 g/mol. The van der Waals surface area contributed by atoms with Crippen molar-refractivity contribution in [3.63, 3.8) is 0 Å². The number of anilines is 3. The molecule has 0 saturated carbocycles. The van der Waals surface area contributed by atoms with Crippen molar-refractivity contribution in [2.24, 2.45) is 0 Å². The second kappa shape index (κ2) is 28.1. The summed E-state index contributed by atoms with van der Waals surface area (Å²) in [7, 11) is 0. The number of halogens is 1. The van der Waals surface area contributed by atoms with Gasteiger partial charge in [0.2, 0.25) is 0 Å². The minimum Gasteiger partial charge on any atom is -0.315 e. The van der Waals surface area contributed by atoms with Gasteiger partial charge in [-0.2, -0.15) is 0 Å². The third-order valence-corrected chi connectivity index (χ3v) is 24.1. The molecule has 540 valence electrons. The molecule has 0 radical (unpaired) electrons. The monoisotopic (exact) mass is 1510 g/mol. The van der Waals surface area contributed by atoms with E-state index in [4.69, 9.17) is 0 Å². The number of fused-ring (bicyclic) bond motifs is 16. The van der Waals surface area contributed by atoms with Gasteiger partial charge in [0.15, 0.2) is 0 Å². The molecule has 0 fully saturated rings. The van der Waals surface area contributed by atoms with Crippen LogP contribution in [0.25, 0.3) is 133 Å². The van der Waals surface area contributed by atoms with Crippen molar-refractivity contribution in [2.75, 3.05) is 4.90 Å². The van der Waals surface area contributed by atoms with Crippen LogP contribution in [0.5, 0.6) is 0 Å². The average Bonchev–Trinajstić information content (AvgIpc) is 1.37. The fourth-order valence-corrected chi connectivity index (χ4v) is 18.5. The minimum atomic E-state index is -0.114. The molecule has 4 heterocycles. The Balaban J connectivity index is 0.000000122. The van der Waals surface area contributed by atoms with Crippen LogP contribution in [0.1, 0.15) is 61.1 Å². The van der Waals surface area contributed by atoms with Crippen molar-refractivity contribution >= 4 is 98.4 Å². The second-order valence-electron chi connectivity index (χ2n) is 31.0. The summed E-state index contributed by atoms with van der Waals surface area (Å²) in [5.41, 5.74) is 33.9. The molecule has 0 unspecified atom stereocenters. The molecule has 6 heteroatoms. The molecule has 0 N–H and O–H groups in total. The fourth-order valence-electron chi connectivity index (χ4n) is 18.1. The predicted molar refractivity (Wildman–Crippen MR) is 479 cm³/mol. The molecule has 0 aliphatic heterocycles. The van der Waals surface area contributed by atoms with Crippen LogP contribution >= 0.6 is 15.9 Å². The lowest BCUT2D eigenvalue weighted by molar-refractivity contribution is 0.659. The van der Waals surface area contributed by atoms with E-state index in [0.717, 1.165) is 39.3 Å². The lowest BCUT2D eigenvalue weighted by Gasteiger charge is -2.28.